The SMILES string of the molecule is COC(=O)c1cccc(N2CC(C(=O)NCc3ccccc3)CC2=O)c1. The molecule has 0 radical (unpaired) electrons. The number of carbonyl (C=O) groups is 3. The summed E-state index contributed by atoms with van der Waals surface area (Å²) in [6.07, 6.45) is 0.156. The number of carbonyl (C=O) groups excluding carboxylic acids is 3. The molecule has 0 bridgehead atoms. The quantitative estimate of drug-likeness (QED) is 0.837. The molecule has 1 unspecified atom stereocenters. The first-order chi connectivity index (χ1) is 12.6. The van der Waals surface area contributed by atoms with E-state index < -0.39 is 11.9 Å². The van der Waals surface area contributed by atoms with Crippen molar-refractivity contribution in [1.29, 1.82) is 0 Å². The molecule has 6 nitrogen and oxygen atoms in total. The number of nitrogens with one attached hydrogen (secondary N) is 1. The molecule has 3 rings (SSSR count). The lowest BCUT2D eigenvalue weighted by Crippen LogP contribution is -2.32. The number of ether oxygens (including phenoxy) is 1. The number of methoxy groups -OCH3 is 1. The van der Waals surface area contributed by atoms with Gasteiger partial charge in [0.25, 0.3) is 0 Å². The van der Waals surface area contributed by atoms with Gasteiger partial charge in [-0.2, -0.15) is 0 Å². The maximum Gasteiger partial charge on any atom is 0.337 e. The monoisotopic (exact) mass is 352 g/mol. The van der Waals surface area contributed by atoms with Gasteiger partial charge in [-0.15, -0.1) is 0 Å². The lowest BCUT2D eigenvalue weighted by Gasteiger charge is -2.17. The Morgan fingerprint density at radius 2 is 1.92 bits per heavy atom. The minimum absolute atomic E-state index is 0.133. The van der Waals surface area contributed by atoms with E-state index >= 15 is 0 Å². The highest BCUT2D eigenvalue weighted by Crippen LogP contribution is 2.26. The zero-order chi connectivity index (χ0) is 18.5. The van der Waals surface area contributed by atoms with Crippen LogP contribution in [0, 0.1) is 5.92 Å². The van der Waals surface area contributed by atoms with Gasteiger partial charge in [0.1, 0.15) is 0 Å². The molecule has 2 amide bonds. The lowest BCUT2D eigenvalue weighted by atomic mass is 10.1. The molecular weight excluding hydrogens is 332 g/mol. The van der Waals surface area contributed by atoms with Gasteiger partial charge in [0.05, 0.1) is 18.6 Å². The van der Waals surface area contributed by atoms with Gasteiger partial charge >= 0.3 is 5.97 Å². The highest BCUT2D eigenvalue weighted by Gasteiger charge is 2.35. The van der Waals surface area contributed by atoms with Crippen LogP contribution in [0.25, 0.3) is 0 Å². The van der Waals surface area contributed by atoms with E-state index in [1.165, 1.54) is 7.11 Å². The van der Waals surface area contributed by atoms with Crippen LogP contribution in [0.15, 0.2) is 54.6 Å². The predicted molar refractivity (Wildman–Crippen MR) is 96.5 cm³/mol. The molecule has 26 heavy (non-hydrogen) atoms. The number of hydrogen-bond donors (Lipinski definition) is 1. The van der Waals surface area contributed by atoms with Gasteiger partial charge in [0.2, 0.25) is 11.8 Å². The van der Waals surface area contributed by atoms with Crippen molar-refractivity contribution in [3.63, 3.8) is 0 Å². The van der Waals surface area contributed by atoms with Gasteiger partial charge in [0.15, 0.2) is 0 Å². The molecule has 1 saturated heterocycles. The smallest absolute Gasteiger partial charge is 0.337 e. The number of hydrogen-bond acceptors (Lipinski definition) is 4. The van der Waals surface area contributed by atoms with E-state index in [2.05, 4.69) is 5.32 Å². The summed E-state index contributed by atoms with van der Waals surface area (Å²) >= 11 is 0. The summed E-state index contributed by atoms with van der Waals surface area (Å²) in [5.41, 5.74) is 1.97. The van der Waals surface area contributed by atoms with Crippen LogP contribution in [-0.2, 0) is 20.9 Å². The summed E-state index contributed by atoms with van der Waals surface area (Å²) in [6, 6.07) is 16.3. The molecule has 6 heteroatoms. The first-order valence-corrected chi connectivity index (χ1v) is 8.39. The molecule has 0 aromatic heterocycles. The van der Waals surface area contributed by atoms with Crippen LogP contribution in [0.5, 0.6) is 0 Å². The van der Waals surface area contributed by atoms with Crippen molar-refractivity contribution >= 4 is 23.5 Å². The number of nitrogens with zero attached hydrogens (tertiary/aromatic N) is 1. The number of anilines is 1. The largest absolute Gasteiger partial charge is 0.465 e. The van der Waals surface area contributed by atoms with Crippen molar-refractivity contribution < 1.29 is 19.1 Å². The van der Waals surface area contributed by atoms with Crippen molar-refractivity contribution in [2.45, 2.75) is 13.0 Å². The van der Waals surface area contributed by atoms with E-state index in [9.17, 15) is 14.4 Å². The van der Waals surface area contributed by atoms with Crippen LogP contribution >= 0.6 is 0 Å². The standard InChI is InChI=1S/C20H20N2O4/c1-26-20(25)15-8-5-9-17(10-15)22-13-16(11-18(22)23)19(24)21-12-14-6-3-2-4-7-14/h2-10,16H,11-13H2,1H3,(H,21,24). The molecule has 0 aliphatic carbocycles. The summed E-state index contributed by atoms with van der Waals surface area (Å²) in [4.78, 5) is 37.9. The molecular formula is C20H20N2O4. The fourth-order valence-electron chi connectivity index (χ4n) is 2.98. The van der Waals surface area contributed by atoms with Crippen molar-refractivity contribution in [2.24, 2.45) is 5.92 Å². The first-order valence-electron chi connectivity index (χ1n) is 8.39. The topological polar surface area (TPSA) is 75.7 Å². The molecule has 0 saturated carbocycles. The third-order valence-electron chi connectivity index (χ3n) is 4.38. The molecule has 0 spiro atoms. The van der Waals surface area contributed by atoms with Crippen LogP contribution < -0.4 is 10.2 Å². The van der Waals surface area contributed by atoms with Gasteiger partial charge in [-0.25, -0.2) is 4.79 Å². The second-order valence-electron chi connectivity index (χ2n) is 6.15. The predicted octanol–water partition coefficient (Wildman–Crippen LogP) is 2.14. The normalized spacial score (nSPS) is 16.4. The van der Waals surface area contributed by atoms with Gasteiger partial charge in [0, 0.05) is 25.2 Å². The van der Waals surface area contributed by atoms with Crippen molar-refractivity contribution in [3.05, 3.63) is 65.7 Å². The molecule has 1 atom stereocenters. The molecule has 1 aliphatic heterocycles. The van der Waals surface area contributed by atoms with Gasteiger partial charge in [-0.3, -0.25) is 9.59 Å². The Morgan fingerprint density at radius 1 is 1.15 bits per heavy atom. The third-order valence-corrected chi connectivity index (χ3v) is 4.38. The first kappa shape index (κ1) is 17.7. The average Bonchev–Trinajstić information content (AvgIpc) is 3.08. The Labute approximate surface area is 151 Å². The average molecular weight is 352 g/mol. The Balaban J connectivity index is 1.65. The van der Waals surface area contributed by atoms with Crippen molar-refractivity contribution in [3.8, 4) is 0 Å². The summed E-state index contributed by atoms with van der Waals surface area (Å²) in [5.74, 6) is -1.15. The zero-order valence-corrected chi connectivity index (χ0v) is 14.5. The minimum Gasteiger partial charge on any atom is -0.465 e. The van der Waals surface area contributed by atoms with Gasteiger partial charge < -0.3 is 15.0 Å². The maximum atomic E-state index is 12.4. The van der Waals surface area contributed by atoms with E-state index in [0.717, 1.165) is 5.56 Å². The molecule has 2 aromatic carbocycles. The fourth-order valence-corrected chi connectivity index (χ4v) is 2.98. The van der Waals surface area contributed by atoms with Gasteiger partial charge in [-0.1, -0.05) is 36.4 Å². The Bertz CT molecular complexity index is 820. The zero-order valence-electron chi connectivity index (χ0n) is 14.5. The second-order valence-corrected chi connectivity index (χ2v) is 6.15. The van der Waals surface area contributed by atoms with Crippen LogP contribution in [0.2, 0.25) is 0 Å². The molecule has 2 aromatic rings. The summed E-state index contributed by atoms with van der Waals surface area (Å²) < 4.78 is 4.71. The van der Waals surface area contributed by atoms with Crippen molar-refractivity contribution in [2.75, 3.05) is 18.6 Å². The molecule has 1 aliphatic rings. The molecule has 1 fully saturated rings. The van der Waals surface area contributed by atoms with Gasteiger partial charge in [-0.05, 0) is 23.8 Å². The summed E-state index contributed by atoms with van der Waals surface area (Å²) in [5, 5.41) is 2.88. The summed E-state index contributed by atoms with van der Waals surface area (Å²) in [7, 11) is 1.31. The second kappa shape index (κ2) is 7.82. The Morgan fingerprint density at radius 3 is 2.65 bits per heavy atom. The molecule has 134 valence electrons. The highest BCUT2D eigenvalue weighted by molar-refractivity contribution is 6.01. The van der Waals surface area contributed by atoms with E-state index in [0.29, 0.717) is 24.3 Å². The molecule has 1 N–H and O–H groups in total. The lowest BCUT2D eigenvalue weighted by molar-refractivity contribution is -0.126. The van der Waals surface area contributed by atoms with E-state index in [1.807, 2.05) is 30.3 Å². The van der Waals surface area contributed by atoms with E-state index in [1.54, 1.807) is 29.2 Å². The van der Waals surface area contributed by atoms with Crippen LogP contribution in [-0.4, -0.2) is 31.4 Å². The molecule has 1 heterocycles. The number of rotatable bonds is 5. The Kier molecular flexibility index (Phi) is 5.31. The van der Waals surface area contributed by atoms with Crippen LogP contribution in [0.1, 0.15) is 22.3 Å². The maximum absolute atomic E-state index is 12.4. The number of amides is 2. The fraction of sp³-hybridized carbons (Fsp3) is 0.250. The number of benzene rings is 2. The van der Waals surface area contributed by atoms with Crippen LogP contribution in [0.4, 0.5) is 5.69 Å². The van der Waals surface area contributed by atoms with Crippen molar-refractivity contribution in [1.82, 2.24) is 5.32 Å². The van der Waals surface area contributed by atoms with Crippen LogP contribution in [0.3, 0.4) is 0 Å². The minimum atomic E-state index is -0.462. The summed E-state index contributed by atoms with van der Waals surface area (Å²) in [6.45, 7) is 0.728. The third kappa shape index (κ3) is 3.91. The van der Waals surface area contributed by atoms with E-state index in [4.69, 9.17) is 4.74 Å². The number of esters is 1. The Hall–Kier alpha value is -3.15. The highest BCUT2D eigenvalue weighted by atomic mass is 16.5. The van der Waals surface area contributed by atoms with E-state index in [-0.39, 0.29) is 18.2 Å².